The van der Waals surface area contributed by atoms with Gasteiger partial charge in [-0.15, -0.1) is 10.2 Å². The number of hydrogen-bond acceptors (Lipinski definition) is 4. The second-order valence-electron chi connectivity index (χ2n) is 4.66. The molecule has 2 heterocycles. The number of nitrogens with zero attached hydrogens (tertiary/aromatic N) is 4. The molecule has 0 aliphatic heterocycles. The van der Waals surface area contributed by atoms with Crippen molar-refractivity contribution in [1.29, 1.82) is 0 Å². The third-order valence-corrected chi connectivity index (χ3v) is 3.46. The first-order valence-corrected chi connectivity index (χ1v) is 6.24. The molecule has 0 atom stereocenters. The summed E-state index contributed by atoms with van der Waals surface area (Å²) >= 11 is 0. The molecule has 3 rings (SSSR count). The highest BCUT2D eigenvalue weighted by atomic mass is 15.4. The Morgan fingerprint density at radius 2 is 2.12 bits per heavy atom. The van der Waals surface area contributed by atoms with Crippen molar-refractivity contribution in [3.05, 3.63) is 23.7 Å². The van der Waals surface area contributed by atoms with E-state index in [0.717, 1.165) is 11.5 Å². The zero-order chi connectivity index (χ0) is 11.7. The minimum Gasteiger partial charge on any atom is -0.313 e. The average molecular weight is 231 g/mol. The van der Waals surface area contributed by atoms with Crippen LogP contribution in [0, 0.1) is 0 Å². The number of nitrogens with one attached hydrogen (secondary N) is 1. The van der Waals surface area contributed by atoms with Crippen LogP contribution in [-0.4, -0.2) is 26.9 Å². The zero-order valence-electron chi connectivity index (χ0n) is 10.1. The molecule has 0 saturated heterocycles. The van der Waals surface area contributed by atoms with Crippen LogP contribution in [0.2, 0.25) is 0 Å². The zero-order valence-corrected chi connectivity index (χ0v) is 10.1. The van der Waals surface area contributed by atoms with Gasteiger partial charge in [0.2, 0.25) is 0 Å². The highest BCUT2D eigenvalue weighted by Gasteiger charge is 2.19. The molecule has 1 saturated carbocycles. The first kappa shape index (κ1) is 10.7. The second kappa shape index (κ2) is 4.41. The van der Waals surface area contributed by atoms with E-state index in [9.17, 15) is 0 Å². The van der Waals surface area contributed by atoms with E-state index in [2.05, 4.69) is 26.7 Å². The lowest BCUT2D eigenvalue weighted by atomic mass is 10.0. The van der Waals surface area contributed by atoms with E-state index in [-0.39, 0.29) is 0 Å². The molecule has 2 aromatic heterocycles. The molecule has 0 aromatic carbocycles. The van der Waals surface area contributed by atoms with Crippen LogP contribution in [0.3, 0.4) is 0 Å². The maximum atomic E-state index is 4.69. The Bertz CT molecular complexity index is 513. The number of rotatable bonds is 3. The van der Waals surface area contributed by atoms with E-state index in [4.69, 9.17) is 0 Å². The van der Waals surface area contributed by atoms with Gasteiger partial charge in [0.1, 0.15) is 0 Å². The number of fused-ring (bicyclic) bond motifs is 1. The summed E-state index contributed by atoms with van der Waals surface area (Å²) in [6.07, 6.45) is 5.19. The molecule has 90 valence electrons. The molecule has 5 heteroatoms. The van der Waals surface area contributed by atoms with E-state index >= 15 is 0 Å². The first-order valence-electron chi connectivity index (χ1n) is 6.24. The highest BCUT2D eigenvalue weighted by molar-refractivity contribution is 5.36. The number of hydrogen-bond donors (Lipinski definition) is 1. The van der Waals surface area contributed by atoms with Crippen LogP contribution in [0.1, 0.15) is 43.1 Å². The smallest absolute Gasteiger partial charge is 0.177 e. The van der Waals surface area contributed by atoms with Gasteiger partial charge in [-0.1, -0.05) is 12.8 Å². The lowest BCUT2D eigenvalue weighted by Gasteiger charge is -2.08. The summed E-state index contributed by atoms with van der Waals surface area (Å²) < 4.78 is 1.87. The summed E-state index contributed by atoms with van der Waals surface area (Å²) in [5.41, 5.74) is 2.02. The van der Waals surface area contributed by atoms with E-state index < -0.39 is 0 Å². The van der Waals surface area contributed by atoms with Gasteiger partial charge >= 0.3 is 0 Å². The Morgan fingerprint density at radius 1 is 1.29 bits per heavy atom. The predicted molar refractivity (Wildman–Crippen MR) is 64.8 cm³/mol. The van der Waals surface area contributed by atoms with Gasteiger partial charge in [-0.3, -0.25) is 0 Å². The SMILES string of the molecule is CNCc1nnc2ccc(C3CCCC3)nn12. The van der Waals surface area contributed by atoms with Crippen molar-refractivity contribution in [3.8, 4) is 0 Å². The van der Waals surface area contributed by atoms with Crippen molar-refractivity contribution in [1.82, 2.24) is 25.1 Å². The molecule has 0 bridgehead atoms. The topological polar surface area (TPSA) is 55.1 Å². The fourth-order valence-corrected chi connectivity index (χ4v) is 2.56. The van der Waals surface area contributed by atoms with Gasteiger partial charge in [0.25, 0.3) is 0 Å². The van der Waals surface area contributed by atoms with Gasteiger partial charge < -0.3 is 5.32 Å². The van der Waals surface area contributed by atoms with Gasteiger partial charge in [0, 0.05) is 5.92 Å². The van der Waals surface area contributed by atoms with Gasteiger partial charge in [0.15, 0.2) is 11.5 Å². The minimum atomic E-state index is 0.629. The molecule has 1 aliphatic rings. The van der Waals surface area contributed by atoms with Crippen molar-refractivity contribution in [2.75, 3.05) is 7.05 Å². The molecule has 2 aromatic rings. The molecule has 17 heavy (non-hydrogen) atoms. The van der Waals surface area contributed by atoms with Crippen LogP contribution in [0.4, 0.5) is 0 Å². The fourth-order valence-electron chi connectivity index (χ4n) is 2.56. The minimum absolute atomic E-state index is 0.629. The van der Waals surface area contributed by atoms with Gasteiger partial charge in [-0.05, 0) is 32.0 Å². The van der Waals surface area contributed by atoms with Crippen molar-refractivity contribution in [3.63, 3.8) is 0 Å². The van der Waals surface area contributed by atoms with E-state index in [1.807, 2.05) is 17.6 Å². The van der Waals surface area contributed by atoms with Crippen molar-refractivity contribution >= 4 is 5.65 Å². The van der Waals surface area contributed by atoms with Crippen LogP contribution in [0.15, 0.2) is 12.1 Å². The van der Waals surface area contributed by atoms with Crippen LogP contribution < -0.4 is 5.32 Å². The molecule has 0 amide bonds. The highest BCUT2D eigenvalue weighted by Crippen LogP contribution is 2.32. The Labute approximate surface area is 100 Å². The standard InChI is InChI=1S/C12H17N5/c1-13-8-12-15-14-11-7-6-10(16-17(11)12)9-4-2-3-5-9/h6-7,9,13H,2-5,8H2,1H3. The Balaban J connectivity index is 2.00. The summed E-state index contributed by atoms with van der Waals surface area (Å²) in [6.45, 7) is 0.697. The monoisotopic (exact) mass is 231 g/mol. The fraction of sp³-hybridized carbons (Fsp3) is 0.583. The van der Waals surface area contributed by atoms with E-state index in [0.29, 0.717) is 12.5 Å². The van der Waals surface area contributed by atoms with E-state index in [1.165, 1.54) is 31.4 Å². The first-order chi connectivity index (χ1) is 8.38. The lowest BCUT2D eigenvalue weighted by molar-refractivity contribution is 0.651. The molecule has 0 radical (unpaired) electrons. The maximum Gasteiger partial charge on any atom is 0.177 e. The summed E-state index contributed by atoms with van der Waals surface area (Å²) in [5, 5.41) is 16.0. The summed E-state index contributed by atoms with van der Waals surface area (Å²) in [6, 6.07) is 4.12. The third-order valence-electron chi connectivity index (χ3n) is 3.46. The normalized spacial score (nSPS) is 17.0. The molecular formula is C12H17N5. The second-order valence-corrected chi connectivity index (χ2v) is 4.66. The molecule has 1 N–H and O–H groups in total. The predicted octanol–water partition coefficient (Wildman–Crippen LogP) is 1.50. The van der Waals surface area contributed by atoms with Gasteiger partial charge in [-0.2, -0.15) is 9.61 Å². The molecule has 0 unspecified atom stereocenters. The van der Waals surface area contributed by atoms with Crippen LogP contribution >= 0.6 is 0 Å². The number of aromatic nitrogens is 4. The van der Waals surface area contributed by atoms with Crippen LogP contribution in [-0.2, 0) is 6.54 Å². The lowest BCUT2D eigenvalue weighted by Crippen LogP contribution is -2.11. The van der Waals surface area contributed by atoms with Crippen LogP contribution in [0.5, 0.6) is 0 Å². The Kier molecular flexibility index (Phi) is 2.76. The summed E-state index contributed by atoms with van der Waals surface area (Å²) in [4.78, 5) is 0. The molecule has 0 spiro atoms. The Morgan fingerprint density at radius 3 is 2.88 bits per heavy atom. The molecule has 1 aliphatic carbocycles. The van der Waals surface area contributed by atoms with Crippen molar-refractivity contribution < 1.29 is 0 Å². The molecular weight excluding hydrogens is 214 g/mol. The van der Waals surface area contributed by atoms with Gasteiger partial charge in [0.05, 0.1) is 12.2 Å². The summed E-state index contributed by atoms with van der Waals surface area (Å²) in [5.74, 6) is 1.51. The Hall–Kier alpha value is -1.49. The molecule has 5 nitrogen and oxygen atoms in total. The van der Waals surface area contributed by atoms with Crippen LogP contribution in [0.25, 0.3) is 5.65 Å². The van der Waals surface area contributed by atoms with E-state index in [1.54, 1.807) is 0 Å². The quantitative estimate of drug-likeness (QED) is 0.869. The average Bonchev–Trinajstić information content (AvgIpc) is 2.98. The third kappa shape index (κ3) is 1.91. The largest absolute Gasteiger partial charge is 0.313 e. The maximum absolute atomic E-state index is 4.69. The summed E-state index contributed by atoms with van der Waals surface area (Å²) in [7, 11) is 1.90. The van der Waals surface area contributed by atoms with Crippen molar-refractivity contribution in [2.24, 2.45) is 0 Å². The van der Waals surface area contributed by atoms with Gasteiger partial charge in [-0.25, -0.2) is 0 Å². The van der Waals surface area contributed by atoms with Crippen molar-refractivity contribution in [2.45, 2.75) is 38.1 Å². The molecule has 1 fully saturated rings.